The smallest absolute Gasteiger partial charge is 0.134 e. The summed E-state index contributed by atoms with van der Waals surface area (Å²) in [6.45, 7) is 5.28. The SMILES string of the molecule is CC(C)[C@H](NCc1ccccc1)c1cc2ccccc2o1. The number of rotatable bonds is 5. The van der Waals surface area contributed by atoms with Crippen LogP contribution in [0.4, 0.5) is 0 Å². The van der Waals surface area contributed by atoms with Crippen LogP contribution in [0.2, 0.25) is 0 Å². The average molecular weight is 279 g/mol. The van der Waals surface area contributed by atoms with Crippen molar-refractivity contribution in [2.75, 3.05) is 0 Å². The van der Waals surface area contributed by atoms with Crippen LogP contribution in [0, 0.1) is 5.92 Å². The van der Waals surface area contributed by atoms with E-state index in [0.29, 0.717) is 5.92 Å². The van der Waals surface area contributed by atoms with Gasteiger partial charge in [-0.25, -0.2) is 0 Å². The summed E-state index contributed by atoms with van der Waals surface area (Å²) >= 11 is 0. The topological polar surface area (TPSA) is 25.2 Å². The summed E-state index contributed by atoms with van der Waals surface area (Å²) in [4.78, 5) is 0. The van der Waals surface area contributed by atoms with Gasteiger partial charge < -0.3 is 9.73 Å². The zero-order valence-electron chi connectivity index (χ0n) is 12.5. The first-order valence-corrected chi connectivity index (χ1v) is 7.50. The number of hydrogen-bond donors (Lipinski definition) is 1. The number of furan rings is 1. The third-order valence-corrected chi connectivity index (χ3v) is 3.79. The van der Waals surface area contributed by atoms with E-state index < -0.39 is 0 Å². The van der Waals surface area contributed by atoms with E-state index in [0.717, 1.165) is 17.9 Å². The first-order chi connectivity index (χ1) is 10.2. The number of fused-ring (bicyclic) bond motifs is 1. The Hall–Kier alpha value is -2.06. The highest BCUT2D eigenvalue weighted by Gasteiger charge is 2.19. The lowest BCUT2D eigenvalue weighted by molar-refractivity contribution is 0.349. The van der Waals surface area contributed by atoms with E-state index in [9.17, 15) is 0 Å². The molecule has 0 radical (unpaired) electrons. The Labute approximate surface area is 125 Å². The quantitative estimate of drug-likeness (QED) is 0.717. The number of benzene rings is 2. The molecule has 1 aromatic heterocycles. The van der Waals surface area contributed by atoms with Crippen molar-refractivity contribution in [3.63, 3.8) is 0 Å². The van der Waals surface area contributed by atoms with Gasteiger partial charge in [-0.1, -0.05) is 62.4 Å². The zero-order valence-corrected chi connectivity index (χ0v) is 12.5. The van der Waals surface area contributed by atoms with E-state index in [4.69, 9.17) is 4.42 Å². The highest BCUT2D eigenvalue weighted by Crippen LogP contribution is 2.28. The van der Waals surface area contributed by atoms with Crippen molar-refractivity contribution >= 4 is 11.0 Å². The second-order valence-corrected chi connectivity index (χ2v) is 5.77. The normalized spacial score (nSPS) is 12.9. The van der Waals surface area contributed by atoms with Gasteiger partial charge in [-0.2, -0.15) is 0 Å². The Bertz CT molecular complexity index is 667. The highest BCUT2D eigenvalue weighted by atomic mass is 16.3. The molecule has 2 aromatic carbocycles. The molecule has 1 atom stereocenters. The van der Waals surface area contributed by atoms with Gasteiger partial charge in [-0.3, -0.25) is 0 Å². The summed E-state index contributed by atoms with van der Waals surface area (Å²) in [7, 11) is 0. The average Bonchev–Trinajstić information content (AvgIpc) is 2.91. The molecule has 0 aliphatic carbocycles. The fourth-order valence-corrected chi connectivity index (χ4v) is 2.64. The van der Waals surface area contributed by atoms with Crippen LogP contribution in [0.25, 0.3) is 11.0 Å². The molecular weight excluding hydrogens is 258 g/mol. The molecule has 1 N–H and O–H groups in total. The van der Waals surface area contributed by atoms with Gasteiger partial charge in [0.1, 0.15) is 11.3 Å². The standard InChI is InChI=1S/C19H21NO/c1-14(2)19(20-13-15-8-4-3-5-9-15)18-12-16-10-6-7-11-17(16)21-18/h3-12,14,19-20H,13H2,1-2H3/t19-/m0/s1. The van der Waals surface area contributed by atoms with Gasteiger partial charge in [-0.15, -0.1) is 0 Å². The molecule has 3 rings (SSSR count). The van der Waals surface area contributed by atoms with Crippen LogP contribution in [0.15, 0.2) is 65.1 Å². The van der Waals surface area contributed by atoms with Crippen LogP contribution in [0.3, 0.4) is 0 Å². The van der Waals surface area contributed by atoms with Crippen LogP contribution in [-0.2, 0) is 6.54 Å². The van der Waals surface area contributed by atoms with Gasteiger partial charge in [0.25, 0.3) is 0 Å². The minimum Gasteiger partial charge on any atom is -0.459 e. The van der Waals surface area contributed by atoms with E-state index in [1.807, 2.05) is 24.3 Å². The summed E-state index contributed by atoms with van der Waals surface area (Å²) < 4.78 is 6.02. The molecular formula is C19H21NO. The molecule has 0 aliphatic heterocycles. The molecule has 3 aromatic rings. The summed E-state index contributed by atoms with van der Waals surface area (Å²) in [6, 6.07) is 21.0. The monoisotopic (exact) mass is 279 g/mol. The predicted molar refractivity (Wildman–Crippen MR) is 87.1 cm³/mol. The van der Waals surface area contributed by atoms with Crippen LogP contribution >= 0.6 is 0 Å². The van der Waals surface area contributed by atoms with Gasteiger partial charge >= 0.3 is 0 Å². The van der Waals surface area contributed by atoms with Crippen LogP contribution < -0.4 is 5.32 Å². The molecule has 0 bridgehead atoms. The molecule has 0 amide bonds. The second-order valence-electron chi connectivity index (χ2n) is 5.77. The van der Waals surface area contributed by atoms with Crippen molar-refractivity contribution in [2.24, 2.45) is 5.92 Å². The Morgan fingerprint density at radius 3 is 2.38 bits per heavy atom. The summed E-state index contributed by atoms with van der Waals surface area (Å²) in [6.07, 6.45) is 0. The second kappa shape index (κ2) is 6.15. The van der Waals surface area contributed by atoms with Crippen LogP contribution in [-0.4, -0.2) is 0 Å². The number of hydrogen-bond acceptors (Lipinski definition) is 2. The van der Waals surface area contributed by atoms with Gasteiger partial charge in [0.15, 0.2) is 0 Å². The maximum Gasteiger partial charge on any atom is 0.134 e. The van der Waals surface area contributed by atoms with Gasteiger partial charge in [0.05, 0.1) is 6.04 Å². The fourth-order valence-electron chi connectivity index (χ4n) is 2.64. The minimum absolute atomic E-state index is 0.220. The molecule has 0 aliphatic rings. The maximum atomic E-state index is 6.02. The summed E-state index contributed by atoms with van der Waals surface area (Å²) in [5, 5.41) is 4.79. The molecule has 108 valence electrons. The first-order valence-electron chi connectivity index (χ1n) is 7.50. The van der Waals surface area contributed by atoms with Gasteiger partial charge in [-0.05, 0) is 23.6 Å². The lowest BCUT2D eigenvalue weighted by atomic mass is 10.0. The Morgan fingerprint density at radius 2 is 1.67 bits per heavy atom. The third-order valence-electron chi connectivity index (χ3n) is 3.79. The van der Waals surface area contributed by atoms with E-state index in [-0.39, 0.29) is 6.04 Å². The molecule has 21 heavy (non-hydrogen) atoms. The summed E-state index contributed by atoms with van der Waals surface area (Å²) in [5.41, 5.74) is 2.25. The van der Waals surface area contributed by atoms with Crippen molar-refractivity contribution < 1.29 is 4.42 Å². The highest BCUT2D eigenvalue weighted by molar-refractivity contribution is 5.77. The van der Waals surface area contributed by atoms with Crippen molar-refractivity contribution in [3.8, 4) is 0 Å². The number of para-hydroxylation sites is 1. The molecule has 2 nitrogen and oxygen atoms in total. The predicted octanol–water partition coefficient (Wildman–Crippen LogP) is 4.92. The van der Waals surface area contributed by atoms with E-state index in [1.165, 1.54) is 10.9 Å². The minimum atomic E-state index is 0.220. The largest absolute Gasteiger partial charge is 0.459 e. The molecule has 0 unspecified atom stereocenters. The van der Waals surface area contributed by atoms with Crippen molar-refractivity contribution in [2.45, 2.75) is 26.4 Å². The van der Waals surface area contributed by atoms with Crippen LogP contribution in [0.5, 0.6) is 0 Å². The van der Waals surface area contributed by atoms with Crippen molar-refractivity contribution in [1.82, 2.24) is 5.32 Å². The zero-order chi connectivity index (χ0) is 14.7. The van der Waals surface area contributed by atoms with Crippen LogP contribution in [0.1, 0.15) is 31.2 Å². The summed E-state index contributed by atoms with van der Waals surface area (Å²) in [5.74, 6) is 1.48. The van der Waals surface area contributed by atoms with E-state index in [2.05, 4.69) is 55.6 Å². The Kier molecular flexibility index (Phi) is 4.07. The Balaban J connectivity index is 1.81. The molecule has 0 saturated carbocycles. The molecule has 1 heterocycles. The first kappa shape index (κ1) is 13.9. The number of nitrogens with one attached hydrogen (secondary N) is 1. The molecule has 0 fully saturated rings. The lowest BCUT2D eigenvalue weighted by Crippen LogP contribution is -2.24. The maximum absolute atomic E-state index is 6.02. The van der Waals surface area contributed by atoms with E-state index >= 15 is 0 Å². The molecule has 0 spiro atoms. The fraction of sp³-hybridized carbons (Fsp3) is 0.263. The Morgan fingerprint density at radius 1 is 0.952 bits per heavy atom. The third kappa shape index (κ3) is 3.17. The lowest BCUT2D eigenvalue weighted by Gasteiger charge is -2.20. The van der Waals surface area contributed by atoms with Crippen molar-refractivity contribution in [1.29, 1.82) is 0 Å². The van der Waals surface area contributed by atoms with Crippen molar-refractivity contribution in [3.05, 3.63) is 72.0 Å². The molecule has 0 saturated heterocycles. The van der Waals surface area contributed by atoms with Gasteiger partial charge in [0, 0.05) is 11.9 Å². The van der Waals surface area contributed by atoms with E-state index in [1.54, 1.807) is 0 Å². The molecule has 2 heteroatoms. The van der Waals surface area contributed by atoms with Gasteiger partial charge in [0.2, 0.25) is 0 Å².